The fourth-order valence-corrected chi connectivity index (χ4v) is 2.99. The summed E-state index contributed by atoms with van der Waals surface area (Å²) in [5.41, 5.74) is 4.06. The number of hydrogen-bond donors (Lipinski definition) is 2. The predicted octanol–water partition coefficient (Wildman–Crippen LogP) is 3.19. The molecular formula is C17H23N3. The first-order valence-electron chi connectivity index (χ1n) is 7.60. The summed E-state index contributed by atoms with van der Waals surface area (Å²) >= 11 is 0. The van der Waals surface area contributed by atoms with E-state index in [4.69, 9.17) is 0 Å². The summed E-state index contributed by atoms with van der Waals surface area (Å²) in [5.74, 6) is 0.768. The lowest BCUT2D eigenvalue weighted by atomic mass is 9.76. The zero-order valence-electron chi connectivity index (χ0n) is 12.1. The molecular weight excluding hydrogens is 246 g/mol. The van der Waals surface area contributed by atoms with Gasteiger partial charge < -0.3 is 5.32 Å². The number of H-pyrrole nitrogens is 1. The Balaban J connectivity index is 1.33. The van der Waals surface area contributed by atoms with Gasteiger partial charge in [-0.1, -0.05) is 30.3 Å². The van der Waals surface area contributed by atoms with Gasteiger partial charge in [0.1, 0.15) is 0 Å². The van der Waals surface area contributed by atoms with Crippen LogP contribution in [0.4, 0.5) is 0 Å². The van der Waals surface area contributed by atoms with Crippen LogP contribution in [0.15, 0.2) is 36.5 Å². The molecule has 3 rings (SSSR count). The third-order valence-electron chi connectivity index (χ3n) is 4.40. The molecule has 0 aliphatic heterocycles. The van der Waals surface area contributed by atoms with Crippen molar-refractivity contribution in [3.63, 3.8) is 0 Å². The Hall–Kier alpha value is -1.61. The summed E-state index contributed by atoms with van der Waals surface area (Å²) in [6.45, 7) is 3.20. The van der Waals surface area contributed by atoms with E-state index in [1.165, 1.54) is 36.1 Å². The number of aromatic nitrogens is 2. The summed E-state index contributed by atoms with van der Waals surface area (Å²) < 4.78 is 0. The standard InChI is InChI=1S/C17H23N3/c1-13-15(12-19-20-13)8-5-9-18-17-10-16(11-17)14-6-3-2-4-7-14/h2-4,6-7,12,16-18H,5,8-11H2,1H3,(H,19,20). The topological polar surface area (TPSA) is 40.7 Å². The van der Waals surface area contributed by atoms with Crippen LogP contribution in [0.5, 0.6) is 0 Å². The molecule has 1 aliphatic carbocycles. The first-order valence-corrected chi connectivity index (χ1v) is 7.60. The van der Waals surface area contributed by atoms with Crippen molar-refractivity contribution in [3.8, 4) is 0 Å². The summed E-state index contributed by atoms with van der Waals surface area (Å²) in [4.78, 5) is 0. The Morgan fingerprint density at radius 1 is 1.25 bits per heavy atom. The molecule has 0 spiro atoms. The zero-order chi connectivity index (χ0) is 13.8. The van der Waals surface area contributed by atoms with Crippen molar-refractivity contribution in [2.45, 2.75) is 44.6 Å². The van der Waals surface area contributed by atoms with E-state index in [0.717, 1.165) is 18.9 Å². The normalized spacial score (nSPS) is 21.6. The third-order valence-corrected chi connectivity index (χ3v) is 4.40. The number of rotatable bonds is 6. The SMILES string of the molecule is Cc1[nH]ncc1CCCNC1CC(c2ccccc2)C1. The number of nitrogens with zero attached hydrogens (tertiary/aromatic N) is 1. The fourth-order valence-electron chi connectivity index (χ4n) is 2.99. The van der Waals surface area contributed by atoms with Crippen molar-refractivity contribution >= 4 is 0 Å². The monoisotopic (exact) mass is 269 g/mol. The molecule has 1 saturated carbocycles. The van der Waals surface area contributed by atoms with Crippen LogP contribution in [0.25, 0.3) is 0 Å². The number of aryl methyl sites for hydroxylation is 2. The molecule has 0 amide bonds. The molecule has 1 aromatic carbocycles. The van der Waals surface area contributed by atoms with Gasteiger partial charge >= 0.3 is 0 Å². The van der Waals surface area contributed by atoms with E-state index < -0.39 is 0 Å². The lowest BCUT2D eigenvalue weighted by Crippen LogP contribution is -2.40. The highest BCUT2D eigenvalue weighted by atomic mass is 15.1. The van der Waals surface area contributed by atoms with Gasteiger partial charge in [0.05, 0.1) is 6.20 Å². The van der Waals surface area contributed by atoms with E-state index in [9.17, 15) is 0 Å². The van der Waals surface area contributed by atoms with Crippen molar-refractivity contribution in [1.82, 2.24) is 15.5 Å². The van der Waals surface area contributed by atoms with E-state index in [2.05, 4.69) is 52.8 Å². The van der Waals surface area contributed by atoms with Crippen LogP contribution < -0.4 is 5.32 Å². The Bertz CT molecular complexity index is 526. The molecule has 2 N–H and O–H groups in total. The molecule has 1 aromatic heterocycles. The number of aromatic amines is 1. The highest BCUT2D eigenvalue weighted by molar-refractivity contribution is 5.22. The third kappa shape index (κ3) is 3.10. The van der Waals surface area contributed by atoms with E-state index >= 15 is 0 Å². The van der Waals surface area contributed by atoms with Crippen LogP contribution in [-0.4, -0.2) is 22.8 Å². The minimum Gasteiger partial charge on any atom is -0.314 e. The van der Waals surface area contributed by atoms with Crippen molar-refractivity contribution < 1.29 is 0 Å². The van der Waals surface area contributed by atoms with Gasteiger partial charge in [-0.25, -0.2) is 0 Å². The number of nitrogens with one attached hydrogen (secondary N) is 2. The lowest BCUT2D eigenvalue weighted by Gasteiger charge is -2.36. The molecule has 1 fully saturated rings. The molecule has 0 unspecified atom stereocenters. The van der Waals surface area contributed by atoms with Crippen LogP contribution >= 0.6 is 0 Å². The van der Waals surface area contributed by atoms with Crippen molar-refractivity contribution in [1.29, 1.82) is 0 Å². The van der Waals surface area contributed by atoms with Crippen molar-refractivity contribution in [3.05, 3.63) is 53.3 Å². The molecule has 1 aliphatic rings. The van der Waals surface area contributed by atoms with E-state index in [0.29, 0.717) is 6.04 Å². The molecule has 2 aromatic rings. The van der Waals surface area contributed by atoms with Gasteiger partial charge in [0.2, 0.25) is 0 Å². The van der Waals surface area contributed by atoms with Gasteiger partial charge in [-0.2, -0.15) is 5.10 Å². The molecule has 0 bridgehead atoms. The lowest BCUT2D eigenvalue weighted by molar-refractivity contribution is 0.291. The summed E-state index contributed by atoms with van der Waals surface area (Å²) in [7, 11) is 0. The molecule has 3 nitrogen and oxygen atoms in total. The zero-order valence-corrected chi connectivity index (χ0v) is 12.1. The highest BCUT2D eigenvalue weighted by Crippen LogP contribution is 2.36. The fraction of sp³-hybridized carbons (Fsp3) is 0.471. The molecule has 0 radical (unpaired) electrons. The molecule has 1 heterocycles. The molecule has 0 atom stereocenters. The first kappa shape index (κ1) is 13.4. The maximum atomic E-state index is 4.06. The van der Waals surface area contributed by atoms with E-state index in [-0.39, 0.29) is 0 Å². The number of hydrogen-bond acceptors (Lipinski definition) is 2. The Kier molecular flexibility index (Phi) is 4.16. The highest BCUT2D eigenvalue weighted by Gasteiger charge is 2.29. The van der Waals surface area contributed by atoms with E-state index in [1.807, 2.05) is 6.20 Å². The van der Waals surface area contributed by atoms with Gasteiger partial charge in [0, 0.05) is 11.7 Å². The van der Waals surface area contributed by atoms with Gasteiger partial charge in [0.25, 0.3) is 0 Å². The van der Waals surface area contributed by atoms with Crippen LogP contribution in [0, 0.1) is 6.92 Å². The predicted molar refractivity (Wildman–Crippen MR) is 81.9 cm³/mol. The van der Waals surface area contributed by atoms with Crippen LogP contribution in [-0.2, 0) is 6.42 Å². The maximum absolute atomic E-state index is 4.06. The average Bonchev–Trinajstić information content (AvgIpc) is 2.83. The minimum atomic E-state index is 0.714. The van der Waals surface area contributed by atoms with Crippen LogP contribution in [0.1, 0.15) is 42.0 Å². The van der Waals surface area contributed by atoms with Gasteiger partial charge in [0.15, 0.2) is 0 Å². The summed E-state index contributed by atoms with van der Waals surface area (Å²) in [6.07, 6.45) is 6.82. The molecule has 0 saturated heterocycles. The molecule has 3 heteroatoms. The second-order valence-corrected chi connectivity index (χ2v) is 5.85. The van der Waals surface area contributed by atoms with Gasteiger partial charge in [-0.3, -0.25) is 5.10 Å². The maximum Gasteiger partial charge on any atom is 0.0522 e. The Labute approximate surface area is 120 Å². The minimum absolute atomic E-state index is 0.714. The van der Waals surface area contributed by atoms with Crippen LogP contribution in [0.3, 0.4) is 0 Å². The van der Waals surface area contributed by atoms with Crippen molar-refractivity contribution in [2.75, 3.05) is 6.54 Å². The Morgan fingerprint density at radius 3 is 2.75 bits per heavy atom. The average molecular weight is 269 g/mol. The number of benzene rings is 1. The Morgan fingerprint density at radius 2 is 2.05 bits per heavy atom. The van der Waals surface area contributed by atoms with Crippen LogP contribution in [0.2, 0.25) is 0 Å². The van der Waals surface area contributed by atoms with Gasteiger partial charge in [-0.05, 0) is 56.2 Å². The molecule has 20 heavy (non-hydrogen) atoms. The smallest absolute Gasteiger partial charge is 0.0522 e. The summed E-state index contributed by atoms with van der Waals surface area (Å²) in [6, 6.07) is 11.6. The second-order valence-electron chi connectivity index (χ2n) is 5.85. The van der Waals surface area contributed by atoms with Gasteiger partial charge in [-0.15, -0.1) is 0 Å². The molecule has 106 valence electrons. The first-order chi connectivity index (χ1) is 9.83. The van der Waals surface area contributed by atoms with E-state index in [1.54, 1.807) is 0 Å². The van der Waals surface area contributed by atoms with Crippen molar-refractivity contribution in [2.24, 2.45) is 0 Å². The quantitative estimate of drug-likeness (QED) is 0.791. The second kappa shape index (κ2) is 6.23. The largest absolute Gasteiger partial charge is 0.314 e. The summed E-state index contributed by atoms with van der Waals surface area (Å²) in [5, 5.41) is 10.7.